The number of halogens is 1. The maximum atomic E-state index is 13.0. The van der Waals surface area contributed by atoms with Gasteiger partial charge in [-0.05, 0) is 19.9 Å². The highest BCUT2D eigenvalue weighted by Gasteiger charge is 2.17. The zero-order chi connectivity index (χ0) is 9.90. The number of aromatic nitrogens is 1. The van der Waals surface area contributed by atoms with Crippen LogP contribution in [0.25, 0.3) is 0 Å². The first-order chi connectivity index (χ1) is 6.05. The van der Waals surface area contributed by atoms with Crippen molar-refractivity contribution in [3.05, 3.63) is 24.1 Å². The summed E-state index contributed by atoms with van der Waals surface area (Å²) in [5, 5.41) is 11.7. The largest absolute Gasteiger partial charge is 0.394 e. The Balaban J connectivity index is 2.80. The summed E-state index contributed by atoms with van der Waals surface area (Å²) in [6.07, 6.45) is 1.44. The van der Waals surface area contributed by atoms with Gasteiger partial charge in [-0.15, -0.1) is 0 Å². The van der Waals surface area contributed by atoms with Crippen LogP contribution in [0.1, 0.15) is 13.8 Å². The molecular formula is C9H12FN2O. The molecule has 1 aromatic rings. The van der Waals surface area contributed by atoms with Gasteiger partial charge < -0.3 is 10.4 Å². The maximum absolute atomic E-state index is 13.0. The van der Waals surface area contributed by atoms with Crippen LogP contribution in [0.2, 0.25) is 0 Å². The van der Waals surface area contributed by atoms with Crippen molar-refractivity contribution in [2.75, 3.05) is 11.9 Å². The summed E-state index contributed by atoms with van der Waals surface area (Å²) in [5.74, 6) is -0.425. The standard InChI is InChI=1S/C9H12FN2O/c1-9(2,6-13)12-8-7(10)4-3-5-11-8/h3,5,13H,6H2,1-2H3,(H,11,12). The number of nitrogens with zero attached hydrogens (tertiary/aromatic N) is 1. The third-order valence-electron chi connectivity index (χ3n) is 1.55. The fourth-order valence-corrected chi connectivity index (χ4v) is 0.794. The predicted molar refractivity (Wildman–Crippen MR) is 47.8 cm³/mol. The summed E-state index contributed by atoms with van der Waals surface area (Å²) in [5.41, 5.74) is -0.580. The Hall–Kier alpha value is -1.16. The maximum Gasteiger partial charge on any atom is 0.173 e. The van der Waals surface area contributed by atoms with Crippen molar-refractivity contribution in [3.63, 3.8) is 0 Å². The molecule has 4 heteroatoms. The van der Waals surface area contributed by atoms with E-state index in [4.69, 9.17) is 5.11 Å². The summed E-state index contributed by atoms with van der Waals surface area (Å²) >= 11 is 0. The SMILES string of the molecule is CC(C)(CO)Nc1ncc[c]c1F. The van der Waals surface area contributed by atoms with E-state index in [-0.39, 0.29) is 12.4 Å². The van der Waals surface area contributed by atoms with Gasteiger partial charge in [-0.2, -0.15) is 0 Å². The van der Waals surface area contributed by atoms with Gasteiger partial charge in [0.1, 0.15) is 0 Å². The molecule has 3 nitrogen and oxygen atoms in total. The van der Waals surface area contributed by atoms with E-state index in [1.165, 1.54) is 12.3 Å². The average Bonchev–Trinajstić information content (AvgIpc) is 2.09. The van der Waals surface area contributed by atoms with E-state index in [0.717, 1.165) is 0 Å². The van der Waals surface area contributed by atoms with Crippen molar-refractivity contribution in [2.24, 2.45) is 0 Å². The quantitative estimate of drug-likeness (QED) is 0.740. The van der Waals surface area contributed by atoms with Gasteiger partial charge in [0.25, 0.3) is 0 Å². The van der Waals surface area contributed by atoms with Gasteiger partial charge in [0.05, 0.1) is 12.1 Å². The van der Waals surface area contributed by atoms with E-state index < -0.39 is 11.4 Å². The molecule has 1 rings (SSSR count). The summed E-state index contributed by atoms with van der Waals surface area (Å²) < 4.78 is 13.0. The lowest BCUT2D eigenvalue weighted by Crippen LogP contribution is -2.35. The Morgan fingerprint density at radius 1 is 1.69 bits per heavy atom. The van der Waals surface area contributed by atoms with Crippen molar-refractivity contribution in [2.45, 2.75) is 19.4 Å². The average molecular weight is 183 g/mol. The number of hydrogen-bond donors (Lipinski definition) is 2. The molecule has 0 bridgehead atoms. The van der Waals surface area contributed by atoms with Crippen molar-refractivity contribution in [3.8, 4) is 0 Å². The Bertz CT molecular complexity index is 289. The molecule has 0 aromatic carbocycles. The smallest absolute Gasteiger partial charge is 0.173 e. The zero-order valence-corrected chi connectivity index (χ0v) is 7.63. The molecule has 0 aliphatic heterocycles. The fourth-order valence-electron chi connectivity index (χ4n) is 0.794. The highest BCUT2D eigenvalue weighted by Crippen LogP contribution is 2.14. The zero-order valence-electron chi connectivity index (χ0n) is 7.63. The van der Waals surface area contributed by atoms with Gasteiger partial charge in [0.2, 0.25) is 0 Å². The van der Waals surface area contributed by atoms with Gasteiger partial charge in [-0.25, -0.2) is 9.37 Å². The molecule has 0 unspecified atom stereocenters. The van der Waals surface area contributed by atoms with Crippen molar-refractivity contribution >= 4 is 5.82 Å². The summed E-state index contributed by atoms with van der Waals surface area (Å²) in [6.45, 7) is 3.41. The van der Waals surface area contributed by atoms with Crippen molar-refractivity contribution < 1.29 is 9.50 Å². The molecule has 0 fully saturated rings. The van der Waals surface area contributed by atoms with Crippen LogP contribution in [0.3, 0.4) is 0 Å². The molecule has 13 heavy (non-hydrogen) atoms. The summed E-state index contributed by atoms with van der Waals surface area (Å²) in [6, 6.07) is 3.77. The van der Waals surface area contributed by atoms with Crippen LogP contribution < -0.4 is 5.32 Å². The second-order valence-electron chi connectivity index (χ2n) is 3.42. The molecule has 0 saturated carbocycles. The predicted octanol–water partition coefficient (Wildman–Crippen LogP) is 1.20. The number of rotatable bonds is 3. The van der Waals surface area contributed by atoms with Gasteiger partial charge in [-0.1, -0.05) is 0 Å². The number of hydrogen-bond acceptors (Lipinski definition) is 3. The molecule has 0 atom stereocenters. The van der Waals surface area contributed by atoms with E-state index in [1.807, 2.05) is 0 Å². The number of nitrogens with one attached hydrogen (secondary N) is 1. The third-order valence-corrected chi connectivity index (χ3v) is 1.55. The normalized spacial score (nSPS) is 11.4. The Morgan fingerprint density at radius 2 is 2.38 bits per heavy atom. The van der Waals surface area contributed by atoms with Gasteiger partial charge in [0.15, 0.2) is 11.6 Å². The first-order valence-corrected chi connectivity index (χ1v) is 3.96. The molecule has 0 aliphatic carbocycles. The summed E-state index contributed by atoms with van der Waals surface area (Å²) in [4.78, 5) is 3.78. The summed E-state index contributed by atoms with van der Waals surface area (Å²) in [7, 11) is 0. The molecule has 0 spiro atoms. The number of aliphatic hydroxyl groups excluding tert-OH is 1. The first-order valence-electron chi connectivity index (χ1n) is 3.96. The van der Waals surface area contributed by atoms with Crippen LogP contribution in [0.15, 0.2) is 12.3 Å². The van der Waals surface area contributed by atoms with Gasteiger partial charge in [-0.3, -0.25) is 0 Å². The first kappa shape index (κ1) is 9.92. The molecule has 2 N–H and O–H groups in total. The minimum atomic E-state index is -0.580. The molecule has 0 saturated heterocycles. The monoisotopic (exact) mass is 183 g/mol. The molecule has 1 aromatic heterocycles. The Morgan fingerprint density at radius 3 is 2.92 bits per heavy atom. The van der Waals surface area contributed by atoms with E-state index in [9.17, 15) is 4.39 Å². The van der Waals surface area contributed by atoms with Crippen LogP contribution in [0.5, 0.6) is 0 Å². The minimum absolute atomic E-state index is 0.0942. The van der Waals surface area contributed by atoms with Crippen LogP contribution in [-0.4, -0.2) is 22.2 Å². The molecule has 1 heterocycles. The minimum Gasteiger partial charge on any atom is -0.394 e. The van der Waals surface area contributed by atoms with E-state index >= 15 is 0 Å². The van der Waals surface area contributed by atoms with E-state index in [2.05, 4.69) is 16.4 Å². The lowest BCUT2D eigenvalue weighted by molar-refractivity contribution is 0.233. The van der Waals surface area contributed by atoms with Crippen LogP contribution >= 0.6 is 0 Å². The molecule has 71 valence electrons. The van der Waals surface area contributed by atoms with E-state index in [0.29, 0.717) is 0 Å². The molecule has 0 aliphatic rings. The molecule has 0 amide bonds. The van der Waals surface area contributed by atoms with Crippen molar-refractivity contribution in [1.82, 2.24) is 4.98 Å². The molecule has 1 radical (unpaired) electrons. The van der Waals surface area contributed by atoms with E-state index in [1.54, 1.807) is 13.8 Å². The van der Waals surface area contributed by atoms with Gasteiger partial charge in [0, 0.05) is 12.3 Å². The second kappa shape index (κ2) is 3.70. The van der Waals surface area contributed by atoms with Crippen LogP contribution in [-0.2, 0) is 0 Å². The topological polar surface area (TPSA) is 45.1 Å². The van der Waals surface area contributed by atoms with Gasteiger partial charge >= 0.3 is 0 Å². The second-order valence-corrected chi connectivity index (χ2v) is 3.42. The Kier molecular flexibility index (Phi) is 2.83. The van der Waals surface area contributed by atoms with Crippen LogP contribution in [0.4, 0.5) is 10.2 Å². The number of pyridine rings is 1. The van der Waals surface area contributed by atoms with Crippen LogP contribution in [0, 0.1) is 11.9 Å². The fraction of sp³-hybridized carbons (Fsp3) is 0.444. The highest BCUT2D eigenvalue weighted by atomic mass is 19.1. The molecular weight excluding hydrogens is 171 g/mol. The van der Waals surface area contributed by atoms with Crippen molar-refractivity contribution in [1.29, 1.82) is 0 Å². The highest BCUT2D eigenvalue weighted by molar-refractivity contribution is 5.37. The third kappa shape index (κ3) is 2.66. The lowest BCUT2D eigenvalue weighted by Gasteiger charge is -2.24. The number of anilines is 1. The lowest BCUT2D eigenvalue weighted by atomic mass is 10.1. The Labute approximate surface area is 76.6 Å². The number of aliphatic hydroxyl groups is 1.